The zero-order chi connectivity index (χ0) is 28.5. The van der Waals surface area contributed by atoms with Crippen molar-refractivity contribution in [2.75, 3.05) is 0 Å². The molecule has 4 heterocycles. The zero-order valence-electron chi connectivity index (χ0n) is 24.7. The van der Waals surface area contributed by atoms with E-state index in [4.69, 9.17) is 8.53 Å². The van der Waals surface area contributed by atoms with Crippen molar-refractivity contribution in [2.45, 2.75) is 33.4 Å². The van der Waals surface area contributed by atoms with E-state index in [1.807, 2.05) is 49.5 Å². The third-order valence-corrected chi connectivity index (χ3v) is 8.10. The first-order valence-electron chi connectivity index (χ1n) is 13.6. The summed E-state index contributed by atoms with van der Waals surface area (Å²) < 4.78 is 27.7. The van der Waals surface area contributed by atoms with Gasteiger partial charge in [-0.1, -0.05) is 54.9 Å². The van der Waals surface area contributed by atoms with Gasteiger partial charge in [0.25, 0.3) is 0 Å². The van der Waals surface area contributed by atoms with Crippen LogP contribution in [0.2, 0.25) is 19.6 Å². The van der Waals surface area contributed by atoms with Crippen LogP contribution in [0.25, 0.3) is 44.6 Å². The Morgan fingerprint density at radius 1 is 0.816 bits per heavy atom. The van der Waals surface area contributed by atoms with Crippen molar-refractivity contribution in [3.8, 4) is 22.5 Å². The summed E-state index contributed by atoms with van der Waals surface area (Å²) in [5, 5.41) is 3.44. The van der Waals surface area contributed by atoms with Gasteiger partial charge < -0.3 is 14.4 Å². The first-order chi connectivity index (χ1) is 19.0. The van der Waals surface area contributed by atoms with Gasteiger partial charge in [-0.15, -0.1) is 54.1 Å². The van der Waals surface area contributed by atoms with Crippen molar-refractivity contribution in [3.63, 3.8) is 0 Å². The van der Waals surface area contributed by atoms with Crippen molar-refractivity contribution < 1.29 is 28.6 Å². The Morgan fingerprint density at radius 3 is 2.29 bits per heavy atom. The molecule has 0 aliphatic heterocycles. The van der Waals surface area contributed by atoms with E-state index in [9.17, 15) is 0 Å². The van der Waals surface area contributed by atoms with Gasteiger partial charge in [0.05, 0.1) is 13.7 Å². The molecule has 0 atom stereocenters. The average Bonchev–Trinajstić information content (AvgIpc) is 3.31. The van der Waals surface area contributed by atoms with Gasteiger partial charge in [0.2, 0.25) is 5.71 Å². The van der Waals surface area contributed by atoms with Crippen LogP contribution in [-0.2, 0) is 20.1 Å². The Morgan fingerprint density at radius 2 is 1.63 bits per heavy atom. The zero-order valence-corrected chi connectivity index (χ0v) is 25.1. The van der Waals surface area contributed by atoms with Gasteiger partial charge in [0, 0.05) is 47.7 Å². The Hall–Kier alpha value is -3.44. The van der Waals surface area contributed by atoms with E-state index in [2.05, 4.69) is 64.9 Å². The number of pyridine rings is 3. The molecule has 6 aromatic rings. The SMILES string of the molecule is Cc1ccc2c(n1)oc1c(-c3ccc([Si](C)(C)C)cn3)[c-]ccc12.[2H]C([2H])([2H])c1ccc(-c2[c-]cccc2)nc1.[Ir]. The van der Waals surface area contributed by atoms with Crippen LogP contribution in [0.1, 0.15) is 15.4 Å². The second kappa shape index (κ2) is 11.5. The van der Waals surface area contributed by atoms with Crippen molar-refractivity contribution in [3.05, 3.63) is 109 Å². The first-order valence-corrected chi connectivity index (χ1v) is 15.6. The predicted molar refractivity (Wildman–Crippen MR) is 155 cm³/mol. The number of rotatable bonds is 3. The number of hydrogen-bond donors (Lipinski definition) is 0. The van der Waals surface area contributed by atoms with Gasteiger partial charge in [-0.25, -0.2) is 4.98 Å². The maximum absolute atomic E-state index is 7.23. The van der Waals surface area contributed by atoms with Crippen molar-refractivity contribution >= 4 is 35.3 Å². The monoisotopic (exact) mass is 695 g/mol. The Bertz CT molecular complexity index is 1760. The molecule has 0 aliphatic rings. The van der Waals surface area contributed by atoms with Crippen LogP contribution in [0.3, 0.4) is 0 Å². The maximum Gasteiger partial charge on any atom is 0.216 e. The van der Waals surface area contributed by atoms with E-state index in [0.29, 0.717) is 5.71 Å². The van der Waals surface area contributed by atoms with E-state index in [0.717, 1.165) is 44.6 Å². The third kappa shape index (κ3) is 5.99. The number of hydrogen-bond acceptors (Lipinski definition) is 4. The standard InChI is InChI=1S/C20H19N2OSi.C12H10N.Ir/c1-13-8-10-16-15-6-5-7-17(19(15)23-20(16)22-13)18-11-9-14(12-21-18)24(2,3)4;1-10-7-8-12(13-9-10)11-5-3-2-4-6-11;/h5-6,8-12H,1-4H3;2-5,7-9H,1H3;/q2*-1;/i;1D3;. The Kier molecular flexibility index (Phi) is 7.17. The molecule has 4 nitrogen and oxygen atoms in total. The Labute approximate surface area is 242 Å². The molecule has 6 rings (SSSR count). The fourth-order valence-corrected chi connectivity index (χ4v) is 5.03. The topological polar surface area (TPSA) is 51.8 Å². The summed E-state index contributed by atoms with van der Waals surface area (Å²) in [4.78, 5) is 13.3. The molecule has 0 N–H and O–H groups in total. The summed E-state index contributed by atoms with van der Waals surface area (Å²) >= 11 is 0. The molecule has 0 aliphatic carbocycles. The summed E-state index contributed by atoms with van der Waals surface area (Å²) in [5.41, 5.74) is 6.05. The van der Waals surface area contributed by atoms with Crippen molar-refractivity contribution in [1.82, 2.24) is 15.0 Å². The van der Waals surface area contributed by atoms with Gasteiger partial charge in [-0.05, 0) is 48.0 Å². The largest absolute Gasteiger partial charge is 0.486 e. The number of furan rings is 1. The second-order valence-electron chi connectivity index (χ2n) is 9.89. The molecule has 38 heavy (non-hydrogen) atoms. The molecular weight excluding hydrogens is 663 g/mol. The molecule has 0 fully saturated rings. The van der Waals surface area contributed by atoms with Gasteiger partial charge in [-0.2, -0.15) is 0 Å². The number of aryl methyl sites for hydroxylation is 2. The quantitative estimate of drug-likeness (QED) is 0.142. The minimum absolute atomic E-state index is 0. The normalized spacial score (nSPS) is 12.6. The number of nitrogens with zero attached hydrogens (tertiary/aromatic N) is 3. The summed E-state index contributed by atoms with van der Waals surface area (Å²) in [7, 11) is -1.35. The van der Waals surface area contributed by atoms with Gasteiger partial charge in [-0.3, -0.25) is 0 Å². The van der Waals surface area contributed by atoms with Crippen LogP contribution < -0.4 is 5.19 Å². The Balaban J connectivity index is 0.000000200. The first kappa shape index (κ1) is 23.7. The molecule has 0 unspecified atom stereocenters. The molecular formula is C32H29IrN3OSi-2. The molecule has 4 aromatic heterocycles. The number of fused-ring (bicyclic) bond motifs is 3. The van der Waals surface area contributed by atoms with Crippen LogP contribution in [0, 0.1) is 25.9 Å². The molecule has 0 bridgehead atoms. The van der Waals surface area contributed by atoms with Gasteiger partial charge in [0.1, 0.15) is 0 Å². The summed E-state index contributed by atoms with van der Waals surface area (Å²) in [6.07, 6.45) is 3.39. The summed E-state index contributed by atoms with van der Waals surface area (Å²) in [6, 6.07) is 29.4. The van der Waals surface area contributed by atoms with E-state index in [-0.39, 0.29) is 25.7 Å². The molecule has 0 amide bonds. The third-order valence-electron chi connectivity index (χ3n) is 6.07. The maximum atomic E-state index is 7.23. The molecule has 1 radical (unpaired) electrons. The molecule has 6 heteroatoms. The van der Waals surface area contributed by atoms with Crippen LogP contribution in [-0.4, -0.2) is 23.0 Å². The molecule has 193 valence electrons. The van der Waals surface area contributed by atoms with E-state index in [1.54, 1.807) is 18.2 Å². The van der Waals surface area contributed by atoms with Crippen LogP contribution in [0.15, 0.2) is 89.6 Å². The van der Waals surface area contributed by atoms with Crippen LogP contribution in [0.5, 0.6) is 0 Å². The predicted octanol–water partition coefficient (Wildman–Crippen LogP) is 7.55. The van der Waals surface area contributed by atoms with Crippen LogP contribution >= 0.6 is 0 Å². The molecule has 2 aromatic carbocycles. The molecule has 0 saturated carbocycles. The molecule has 0 saturated heterocycles. The van der Waals surface area contributed by atoms with E-state index >= 15 is 0 Å². The van der Waals surface area contributed by atoms with Crippen molar-refractivity contribution in [1.29, 1.82) is 0 Å². The number of aromatic nitrogens is 3. The number of benzene rings is 2. The fraction of sp³-hybridized carbons (Fsp3) is 0.156. The minimum atomic E-state index is -2.09. The second-order valence-corrected chi connectivity index (χ2v) is 15.0. The summed E-state index contributed by atoms with van der Waals surface area (Å²) in [5.74, 6) is 0. The fourth-order valence-electron chi connectivity index (χ4n) is 4.00. The van der Waals surface area contributed by atoms with E-state index in [1.165, 1.54) is 11.4 Å². The minimum Gasteiger partial charge on any atom is -0.486 e. The van der Waals surface area contributed by atoms with Crippen LogP contribution in [0.4, 0.5) is 0 Å². The van der Waals surface area contributed by atoms with Gasteiger partial charge >= 0.3 is 0 Å². The molecule has 0 spiro atoms. The average molecular weight is 695 g/mol. The smallest absolute Gasteiger partial charge is 0.216 e. The van der Waals surface area contributed by atoms with Crippen molar-refractivity contribution in [2.24, 2.45) is 0 Å². The summed E-state index contributed by atoms with van der Waals surface area (Å²) in [6.45, 7) is 6.85. The van der Waals surface area contributed by atoms with E-state index < -0.39 is 14.9 Å². The van der Waals surface area contributed by atoms with Gasteiger partial charge in [0.15, 0.2) is 0 Å².